The fraction of sp³-hybridized carbons (Fsp3) is 0.318. The Hall–Kier alpha value is -3.79. The summed E-state index contributed by atoms with van der Waals surface area (Å²) in [6, 6.07) is 12.4. The number of carbonyl (C=O) groups is 2. The molecule has 0 bridgehead atoms. The van der Waals surface area contributed by atoms with E-state index in [0.29, 0.717) is 17.0 Å². The Kier molecular flexibility index (Phi) is 5.87. The van der Waals surface area contributed by atoms with Gasteiger partial charge in [-0.3, -0.25) is 24.6 Å². The van der Waals surface area contributed by atoms with Gasteiger partial charge in [0.25, 0.3) is 5.69 Å². The molecule has 2 unspecified atom stereocenters. The number of amides is 1. The van der Waals surface area contributed by atoms with E-state index in [1.165, 1.54) is 24.1 Å². The molecule has 32 heavy (non-hydrogen) atoms. The molecular formula is C22H22N4O6. The molecule has 3 aromatic rings. The van der Waals surface area contributed by atoms with E-state index in [-0.39, 0.29) is 25.4 Å². The fourth-order valence-electron chi connectivity index (χ4n) is 4.04. The maximum atomic E-state index is 13.6. The summed E-state index contributed by atoms with van der Waals surface area (Å²) in [5.41, 5.74) is 1.88. The van der Waals surface area contributed by atoms with Crippen molar-refractivity contribution in [1.82, 2.24) is 9.55 Å². The molecular weight excluding hydrogens is 416 g/mol. The van der Waals surface area contributed by atoms with Crippen LogP contribution in [0.1, 0.15) is 18.5 Å². The molecule has 10 nitrogen and oxygen atoms in total. The van der Waals surface area contributed by atoms with Gasteiger partial charge in [0.1, 0.15) is 0 Å². The van der Waals surface area contributed by atoms with Crippen LogP contribution >= 0.6 is 0 Å². The van der Waals surface area contributed by atoms with Crippen LogP contribution in [-0.4, -0.2) is 53.2 Å². The zero-order valence-electron chi connectivity index (χ0n) is 17.6. The minimum Gasteiger partial charge on any atom is -0.465 e. The fourth-order valence-corrected chi connectivity index (χ4v) is 4.04. The first-order valence-corrected chi connectivity index (χ1v) is 10.2. The molecule has 0 radical (unpaired) electrons. The van der Waals surface area contributed by atoms with Gasteiger partial charge in [0.15, 0.2) is 5.92 Å². The number of nitro groups is 1. The number of aromatic nitrogens is 2. The van der Waals surface area contributed by atoms with Crippen LogP contribution in [0.5, 0.6) is 0 Å². The Bertz CT molecular complexity index is 1170. The Morgan fingerprint density at radius 1 is 1.19 bits per heavy atom. The predicted molar refractivity (Wildman–Crippen MR) is 115 cm³/mol. The topological polar surface area (TPSA) is 117 Å². The van der Waals surface area contributed by atoms with Gasteiger partial charge in [0.05, 0.1) is 41.8 Å². The molecule has 0 saturated carbocycles. The molecule has 0 aliphatic carbocycles. The van der Waals surface area contributed by atoms with E-state index >= 15 is 0 Å². The SMILES string of the molecule is CCOC(=O)C1C(=O)N(CCOC)c2nc3ccccc3n2C1c1ccc([N+](=O)[O-])cc1. The maximum Gasteiger partial charge on any atom is 0.321 e. The molecule has 2 heterocycles. The lowest BCUT2D eigenvalue weighted by atomic mass is 9.89. The summed E-state index contributed by atoms with van der Waals surface area (Å²) in [6.45, 7) is 2.26. The van der Waals surface area contributed by atoms with Gasteiger partial charge in [0, 0.05) is 19.2 Å². The summed E-state index contributed by atoms with van der Waals surface area (Å²) in [5.74, 6) is -1.91. The van der Waals surface area contributed by atoms with Crippen LogP contribution in [0.4, 0.5) is 11.6 Å². The highest BCUT2D eigenvalue weighted by molar-refractivity contribution is 6.08. The number of hydrogen-bond acceptors (Lipinski definition) is 7. The first-order chi connectivity index (χ1) is 15.5. The smallest absolute Gasteiger partial charge is 0.321 e. The van der Waals surface area contributed by atoms with Gasteiger partial charge in [-0.05, 0) is 24.6 Å². The summed E-state index contributed by atoms with van der Waals surface area (Å²) < 4.78 is 12.3. The lowest BCUT2D eigenvalue weighted by molar-refractivity contribution is -0.384. The van der Waals surface area contributed by atoms with Crippen LogP contribution in [0.25, 0.3) is 11.0 Å². The van der Waals surface area contributed by atoms with Gasteiger partial charge in [-0.1, -0.05) is 24.3 Å². The average Bonchev–Trinajstić information content (AvgIpc) is 3.17. The van der Waals surface area contributed by atoms with Crippen molar-refractivity contribution >= 4 is 34.5 Å². The Balaban J connectivity index is 1.95. The number of esters is 1. The molecule has 4 rings (SSSR count). The summed E-state index contributed by atoms with van der Waals surface area (Å²) >= 11 is 0. The van der Waals surface area contributed by atoms with Crippen LogP contribution in [0.3, 0.4) is 0 Å². The number of methoxy groups -OCH3 is 1. The molecule has 0 saturated heterocycles. The number of nitro benzene ring substituents is 1. The van der Waals surface area contributed by atoms with Crippen LogP contribution < -0.4 is 4.90 Å². The van der Waals surface area contributed by atoms with Crippen LogP contribution in [0.2, 0.25) is 0 Å². The molecule has 1 aliphatic heterocycles. The first-order valence-electron chi connectivity index (χ1n) is 10.2. The lowest BCUT2D eigenvalue weighted by Crippen LogP contribution is -2.51. The van der Waals surface area contributed by atoms with Crippen LogP contribution in [0.15, 0.2) is 48.5 Å². The number of para-hydroxylation sites is 2. The number of imidazole rings is 1. The number of ether oxygens (including phenoxy) is 2. The third kappa shape index (κ3) is 3.58. The molecule has 1 aromatic heterocycles. The number of anilines is 1. The second-order valence-electron chi connectivity index (χ2n) is 7.28. The van der Waals surface area contributed by atoms with E-state index in [0.717, 1.165) is 5.52 Å². The molecule has 10 heteroatoms. The third-order valence-electron chi connectivity index (χ3n) is 5.45. The largest absolute Gasteiger partial charge is 0.465 e. The minimum atomic E-state index is -1.18. The Labute approximate surface area is 183 Å². The quantitative estimate of drug-likeness (QED) is 0.241. The van der Waals surface area contributed by atoms with E-state index in [4.69, 9.17) is 9.47 Å². The molecule has 1 amide bonds. The highest BCUT2D eigenvalue weighted by Gasteiger charge is 2.47. The monoisotopic (exact) mass is 438 g/mol. The van der Waals surface area contributed by atoms with E-state index in [1.807, 2.05) is 28.8 Å². The van der Waals surface area contributed by atoms with Crippen LogP contribution in [0, 0.1) is 16.0 Å². The highest BCUT2D eigenvalue weighted by atomic mass is 16.6. The van der Waals surface area contributed by atoms with Crippen molar-refractivity contribution in [2.45, 2.75) is 13.0 Å². The van der Waals surface area contributed by atoms with Gasteiger partial charge < -0.3 is 14.0 Å². The average molecular weight is 438 g/mol. The minimum absolute atomic E-state index is 0.0824. The van der Waals surface area contributed by atoms with Crippen molar-refractivity contribution in [3.63, 3.8) is 0 Å². The molecule has 2 atom stereocenters. The Morgan fingerprint density at radius 3 is 2.56 bits per heavy atom. The number of carbonyl (C=O) groups excluding carboxylic acids is 2. The molecule has 2 aromatic carbocycles. The maximum absolute atomic E-state index is 13.6. The molecule has 166 valence electrons. The molecule has 0 spiro atoms. The number of fused-ring (bicyclic) bond motifs is 3. The molecule has 0 N–H and O–H groups in total. The Morgan fingerprint density at radius 2 is 1.91 bits per heavy atom. The first kappa shape index (κ1) is 21.4. The van der Waals surface area contributed by atoms with Gasteiger partial charge in [0.2, 0.25) is 11.9 Å². The lowest BCUT2D eigenvalue weighted by Gasteiger charge is -2.37. The standard InChI is InChI=1S/C22H22N4O6/c1-3-32-21(28)18-19(14-8-10-15(11-9-14)26(29)30)25-17-7-5-4-6-16(17)23-22(25)24(20(18)27)12-13-31-2/h4-11,18-19H,3,12-13H2,1-2H3. The third-order valence-corrected chi connectivity index (χ3v) is 5.45. The number of rotatable bonds is 7. The van der Waals surface area contributed by atoms with Crippen molar-refractivity contribution < 1.29 is 24.0 Å². The second kappa shape index (κ2) is 8.75. The van der Waals surface area contributed by atoms with E-state index in [1.54, 1.807) is 19.1 Å². The van der Waals surface area contributed by atoms with Gasteiger partial charge >= 0.3 is 5.97 Å². The van der Waals surface area contributed by atoms with Gasteiger partial charge in [-0.15, -0.1) is 0 Å². The zero-order chi connectivity index (χ0) is 22.8. The number of non-ortho nitro benzene ring substituents is 1. The van der Waals surface area contributed by atoms with Crippen molar-refractivity contribution in [2.75, 3.05) is 31.8 Å². The van der Waals surface area contributed by atoms with Gasteiger partial charge in [-0.25, -0.2) is 4.98 Å². The van der Waals surface area contributed by atoms with E-state index in [2.05, 4.69) is 4.98 Å². The summed E-state index contributed by atoms with van der Waals surface area (Å²) in [5, 5.41) is 11.1. The molecule has 0 fully saturated rings. The number of benzene rings is 2. The van der Waals surface area contributed by atoms with E-state index in [9.17, 15) is 19.7 Å². The van der Waals surface area contributed by atoms with Crippen LogP contribution in [-0.2, 0) is 19.1 Å². The second-order valence-corrected chi connectivity index (χ2v) is 7.28. The van der Waals surface area contributed by atoms with Crippen molar-refractivity contribution in [2.24, 2.45) is 5.92 Å². The summed E-state index contributed by atoms with van der Waals surface area (Å²) in [4.78, 5) is 43.3. The normalized spacial score (nSPS) is 17.9. The molecule has 1 aliphatic rings. The van der Waals surface area contributed by atoms with Crippen molar-refractivity contribution in [1.29, 1.82) is 0 Å². The van der Waals surface area contributed by atoms with Gasteiger partial charge in [-0.2, -0.15) is 0 Å². The van der Waals surface area contributed by atoms with Crippen molar-refractivity contribution in [3.8, 4) is 0 Å². The predicted octanol–water partition coefficient (Wildman–Crippen LogP) is 2.71. The van der Waals surface area contributed by atoms with Crippen molar-refractivity contribution in [3.05, 3.63) is 64.2 Å². The summed E-state index contributed by atoms with van der Waals surface area (Å²) in [6.07, 6.45) is 0. The zero-order valence-corrected chi connectivity index (χ0v) is 17.6. The number of nitrogens with zero attached hydrogens (tertiary/aromatic N) is 4. The summed E-state index contributed by atoms with van der Waals surface area (Å²) in [7, 11) is 1.53. The van der Waals surface area contributed by atoms with E-state index < -0.39 is 28.8 Å². The highest BCUT2D eigenvalue weighted by Crippen LogP contribution is 2.41. The number of hydrogen-bond donors (Lipinski definition) is 0.